The van der Waals surface area contributed by atoms with Crippen LogP contribution in [0.25, 0.3) is 0 Å². The molecule has 1 aromatic heterocycles. The summed E-state index contributed by atoms with van der Waals surface area (Å²) in [6.45, 7) is 0. The third kappa shape index (κ3) is 3.19. The molecule has 20 heavy (non-hydrogen) atoms. The normalized spacial score (nSPS) is 11.1. The van der Waals surface area contributed by atoms with Crippen LogP contribution < -0.4 is 4.72 Å². The van der Waals surface area contributed by atoms with E-state index in [1.807, 2.05) is 6.07 Å². The van der Waals surface area contributed by atoms with Crippen molar-refractivity contribution in [3.63, 3.8) is 0 Å². The molecule has 0 aliphatic rings. The fraction of sp³-hybridized carbons (Fsp3) is 0. The molecule has 9 heteroatoms. The molecule has 0 bridgehead atoms. The van der Waals surface area contributed by atoms with Crippen LogP contribution in [0.3, 0.4) is 0 Å². The molecule has 0 aliphatic heterocycles. The van der Waals surface area contributed by atoms with Crippen molar-refractivity contribution in [3.05, 3.63) is 44.2 Å². The summed E-state index contributed by atoms with van der Waals surface area (Å²) in [5.74, 6) is 0. The molecule has 0 radical (unpaired) electrons. The third-order valence-corrected chi connectivity index (χ3v) is 6.17. The lowest BCUT2D eigenvalue weighted by Crippen LogP contribution is -2.12. The van der Waals surface area contributed by atoms with E-state index in [4.69, 9.17) is 40.1 Å². The van der Waals surface area contributed by atoms with Crippen LogP contribution in [0.5, 0.6) is 0 Å². The highest BCUT2D eigenvalue weighted by Gasteiger charge is 2.20. The molecule has 0 aliphatic carbocycles. The summed E-state index contributed by atoms with van der Waals surface area (Å²) in [6.07, 6.45) is 0. The van der Waals surface area contributed by atoms with Gasteiger partial charge < -0.3 is 0 Å². The van der Waals surface area contributed by atoms with Crippen molar-refractivity contribution >= 4 is 61.9 Å². The predicted octanol–water partition coefficient (Wildman–Crippen LogP) is 4.38. The number of benzene rings is 1. The smallest absolute Gasteiger partial charge is 0.271 e. The molecule has 1 N–H and O–H groups in total. The molecule has 0 saturated carbocycles. The summed E-state index contributed by atoms with van der Waals surface area (Å²) in [4.78, 5) is 0. The van der Waals surface area contributed by atoms with E-state index in [-0.39, 0.29) is 24.8 Å². The number of nitrogens with zero attached hydrogens (tertiary/aromatic N) is 1. The first-order valence-electron chi connectivity index (χ1n) is 5.01. The Labute approximate surface area is 134 Å². The van der Waals surface area contributed by atoms with Gasteiger partial charge in [-0.05, 0) is 24.3 Å². The van der Waals surface area contributed by atoms with Gasteiger partial charge >= 0.3 is 0 Å². The van der Waals surface area contributed by atoms with Crippen molar-refractivity contribution in [1.82, 2.24) is 0 Å². The van der Waals surface area contributed by atoms with Gasteiger partial charge in [0, 0.05) is 5.02 Å². The van der Waals surface area contributed by atoms with E-state index >= 15 is 0 Å². The summed E-state index contributed by atoms with van der Waals surface area (Å²) in [6, 6.07) is 7.40. The summed E-state index contributed by atoms with van der Waals surface area (Å²) < 4.78 is 26.8. The van der Waals surface area contributed by atoms with E-state index in [1.54, 1.807) is 0 Å². The van der Waals surface area contributed by atoms with Gasteiger partial charge in [-0.2, -0.15) is 5.26 Å². The quantitative estimate of drug-likeness (QED) is 0.875. The number of halogens is 3. The second-order valence-corrected chi connectivity index (χ2v) is 8.00. The summed E-state index contributed by atoms with van der Waals surface area (Å²) in [5.41, 5.74) is 0.257. The van der Waals surface area contributed by atoms with E-state index in [2.05, 4.69) is 4.72 Å². The second kappa shape index (κ2) is 5.80. The monoisotopic (exact) mass is 366 g/mol. The highest BCUT2D eigenvalue weighted by Crippen LogP contribution is 2.35. The molecule has 0 spiro atoms. The van der Waals surface area contributed by atoms with Gasteiger partial charge in [0.2, 0.25) is 0 Å². The number of rotatable bonds is 3. The minimum atomic E-state index is -3.87. The van der Waals surface area contributed by atoms with Crippen molar-refractivity contribution in [2.24, 2.45) is 0 Å². The van der Waals surface area contributed by atoms with Gasteiger partial charge in [0.25, 0.3) is 10.0 Å². The Morgan fingerprint density at radius 1 is 1.20 bits per heavy atom. The SMILES string of the molecule is N#Cc1ccc(Cl)cc1NS(=O)(=O)c1cc(Cl)c(Cl)s1. The minimum absolute atomic E-state index is 0.0450. The van der Waals surface area contributed by atoms with E-state index in [0.29, 0.717) is 5.02 Å². The van der Waals surface area contributed by atoms with Crippen molar-refractivity contribution in [2.45, 2.75) is 4.21 Å². The molecule has 0 atom stereocenters. The third-order valence-electron chi connectivity index (χ3n) is 2.23. The summed E-state index contributed by atoms with van der Waals surface area (Å²) in [7, 11) is -3.87. The molecule has 1 aromatic carbocycles. The van der Waals surface area contributed by atoms with E-state index in [0.717, 1.165) is 11.3 Å². The molecular weight excluding hydrogens is 363 g/mol. The molecule has 1 heterocycles. The molecule has 2 rings (SSSR count). The lowest BCUT2D eigenvalue weighted by atomic mass is 10.2. The van der Waals surface area contributed by atoms with Crippen LogP contribution >= 0.6 is 46.1 Å². The molecule has 0 unspecified atom stereocenters. The Hall–Kier alpha value is -0.970. The van der Waals surface area contributed by atoms with Crippen LogP contribution in [0.15, 0.2) is 28.5 Å². The van der Waals surface area contributed by atoms with Gasteiger partial charge in [0.1, 0.15) is 14.6 Å². The first kappa shape index (κ1) is 15.4. The second-order valence-electron chi connectivity index (χ2n) is 3.59. The topological polar surface area (TPSA) is 70.0 Å². The van der Waals surface area contributed by atoms with Crippen molar-refractivity contribution in [3.8, 4) is 6.07 Å². The van der Waals surface area contributed by atoms with Gasteiger partial charge in [-0.3, -0.25) is 4.72 Å². The number of nitriles is 1. The minimum Gasteiger partial charge on any atom is -0.278 e. The number of hydrogen-bond donors (Lipinski definition) is 1. The molecule has 0 saturated heterocycles. The zero-order chi connectivity index (χ0) is 14.9. The highest BCUT2D eigenvalue weighted by molar-refractivity contribution is 7.94. The zero-order valence-electron chi connectivity index (χ0n) is 9.52. The van der Waals surface area contributed by atoms with Crippen LogP contribution in [0, 0.1) is 11.3 Å². The number of anilines is 1. The Kier molecular flexibility index (Phi) is 4.47. The lowest BCUT2D eigenvalue weighted by molar-refractivity contribution is 0.603. The average molecular weight is 368 g/mol. The van der Waals surface area contributed by atoms with Crippen LogP contribution in [-0.2, 0) is 10.0 Å². The molecule has 0 amide bonds. The van der Waals surface area contributed by atoms with Crippen LogP contribution in [0.1, 0.15) is 5.56 Å². The fourth-order valence-electron chi connectivity index (χ4n) is 1.35. The van der Waals surface area contributed by atoms with E-state index < -0.39 is 10.0 Å². The van der Waals surface area contributed by atoms with Gasteiger partial charge in [-0.25, -0.2) is 8.42 Å². The maximum atomic E-state index is 12.2. The Morgan fingerprint density at radius 3 is 2.45 bits per heavy atom. The van der Waals surface area contributed by atoms with Crippen molar-refractivity contribution in [1.29, 1.82) is 5.26 Å². The van der Waals surface area contributed by atoms with E-state index in [1.165, 1.54) is 24.3 Å². The number of hydrogen-bond acceptors (Lipinski definition) is 4. The molecule has 104 valence electrons. The Bertz CT molecular complexity index is 790. The van der Waals surface area contributed by atoms with Crippen LogP contribution in [0.2, 0.25) is 14.4 Å². The van der Waals surface area contributed by atoms with Crippen molar-refractivity contribution in [2.75, 3.05) is 4.72 Å². The predicted molar refractivity (Wildman–Crippen MR) is 81.3 cm³/mol. The van der Waals surface area contributed by atoms with Gasteiger partial charge in [-0.1, -0.05) is 34.8 Å². The summed E-state index contributed by atoms with van der Waals surface area (Å²) >= 11 is 18.1. The molecule has 2 aromatic rings. The largest absolute Gasteiger partial charge is 0.278 e. The molecule has 4 nitrogen and oxygen atoms in total. The number of thiophene rings is 1. The standard InChI is InChI=1S/C11H5Cl3N2O2S2/c12-7-2-1-6(5-15)9(3-7)16-20(17,18)10-4-8(13)11(14)19-10/h1-4,16H. The average Bonchev–Trinajstić information content (AvgIpc) is 2.70. The first-order valence-corrected chi connectivity index (χ1v) is 8.44. The maximum Gasteiger partial charge on any atom is 0.271 e. The molecular formula is C11H5Cl3N2O2S2. The number of sulfonamides is 1. The first-order chi connectivity index (χ1) is 9.33. The maximum absolute atomic E-state index is 12.2. The number of nitrogens with one attached hydrogen (secondary N) is 1. The molecule has 0 fully saturated rings. The summed E-state index contributed by atoms with van der Waals surface area (Å²) in [5, 5.41) is 9.42. The Morgan fingerprint density at radius 2 is 1.90 bits per heavy atom. The van der Waals surface area contributed by atoms with Crippen LogP contribution in [0.4, 0.5) is 5.69 Å². The lowest BCUT2D eigenvalue weighted by Gasteiger charge is -2.08. The zero-order valence-corrected chi connectivity index (χ0v) is 13.4. The fourth-order valence-corrected chi connectivity index (χ4v) is 4.48. The van der Waals surface area contributed by atoms with Crippen molar-refractivity contribution < 1.29 is 8.42 Å². The Balaban J connectivity index is 2.43. The van der Waals surface area contributed by atoms with Crippen LogP contribution in [-0.4, -0.2) is 8.42 Å². The van der Waals surface area contributed by atoms with Gasteiger partial charge in [0.05, 0.1) is 16.3 Å². The van der Waals surface area contributed by atoms with Gasteiger partial charge in [-0.15, -0.1) is 11.3 Å². The van der Waals surface area contributed by atoms with E-state index in [9.17, 15) is 8.42 Å². The highest BCUT2D eigenvalue weighted by atomic mass is 35.5. The van der Waals surface area contributed by atoms with Gasteiger partial charge in [0.15, 0.2) is 0 Å².